The van der Waals surface area contributed by atoms with E-state index in [1.54, 1.807) is 7.05 Å². The van der Waals surface area contributed by atoms with Gasteiger partial charge in [-0.2, -0.15) is 4.80 Å². The van der Waals surface area contributed by atoms with Crippen molar-refractivity contribution >= 4 is 0 Å². The second-order valence-corrected chi connectivity index (χ2v) is 4.47. The number of nitrogens with zero attached hydrogens (tertiary/aromatic N) is 5. The highest BCUT2D eigenvalue weighted by Crippen LogP contribution is 2.10. The lowest BCUT2D eigenvalue weighted by Crippen LogP contribution is -2.51. The van der Waals surface area contributed by atoms with Crippen molar-refractivity contribution in [2.45, 2.75) is 18.6 Å². The summed E-state index contributed by atoms with van der Waals surface area (Å²) in [6, 6.07) is 0.224. The molecule has 1 fully saturated rings. The number of morpholine rings is 1. The minimum Gasteiger partial charge on any atom is -0.374 e. The average Bonchev–Trinajstić information content (AvgIpc) is 2.72. The summed E-state index contributed by atoms with van der Waals surface area (Å²) in [5, 5.41) is 15.3. The zero-order valence-electron chi connectivity index (χ0n) is 10.6. The molecule has 17 heavy (non-hydrogen) atoms. The molecule has 2 rings (SSSR count). The molecule has 0 spiro atoms. The molecule has 7 nitrogen and oxygen atoms in total. The summed E-state index contributed by atoms with van der Waals surface area (Å²) >= 11 is 0. The van der Waals surface area contributed by atoms with E-state index < -0.39 is 0 Å². The Balaban J connectivity index is 1.95. The van der Waals surface area contributed by atoms with Gasteiger partial charge in [-0.1, -0.05) is 0 Å². The molecule has 0 bridgehead atoms. The first-order valence-corrected chi connectivity index (χ1v) is 5.89. The molecule has 2 heterocycles. The summed E-state index contributed by atoms with van der Waals surface area (Å²) in [4.78, 5) is 3.76. The lowest BCUT2D eigenvalue weighted by atomic mass is 10.1. The standard InChI is InChI=1S/C10H20N6O/c1-11-8(6-10-12-14-16(3)13-10)9-7-15(2)4-5-17-9/h8-9,11H,4-7H2,1-3H3. The lowest BCUT2D eigenvalue weighted by molar-refractivity contribution is -0.0375. The molecule has 0 aliphatic carbocycles. The van der Waals surface area contributed by atoms with E-state index in [4.69, 9.17) is 4.74 Å². The summed E-state index contributed by atoms with van der Waals surface area (Å²) in [6.45, 7) is 2.72. The van der Waals surface area contributed by atoms with Crippen LogP contribution in [-0.2, 0) is 18.2 Å². The third-order valence-corrected chi connectivity index (χ3v) is 3.07. The lowest BCUT2D eigenvalue weighted by Gasteiger charge is -2.34. The fraction of sp³-hybridized carbons (Fsp3) is 0.900. The predicted molar refractivity (Wildman–Crippen MR) is 62.6 cm³/mol. The topological polar surface area (TPSA) is 68.1 Å². The Labute approximate surface area is 101 Å². The van der Waals surface area contributed by atoms with E-state index in [1.807, 2.05) is 7.05 Å². The maximum atomic E-state index is 5.79. The molecule has 0 saturated carbocycles. The largest absolute Gasteiger partial charge is 0.374 e. The minimum atomic E-state index is 0.183. The maximum absolute atomic E-state index is 5.79. The van der Waals surface area contributed by atoms with Crippen molar-refractivity contribution in [1.82, 2.24) is 30.4 Å². The van der Waals surface area contributed by atoms with Gasteiger partial charge < -0.3 is 15.0 Å². The van der Waals surface area contributed by atoms with Crippen molar-refractivity contribution in [2.24, 2.45) is 7.05 Å². The molecule has 1 aliphatic rings. The Morgan fingerprint density at radius 2 is 2.35 bits per heavy atom. The summed E-state index contributed by atoms with van der Waals surface area (Å²) in [5.74, 6) is 0.753. The van der Waals surface area contributed by atoms with Crippen LogP contribution in [0.3, 0.4) is 0 Å². The SMILES string of the molecule is CNC(Cc1nnn(C)n1)C1CN(C)CCO1. The molecule has 2 unspecified atom stereocenters. The number of tetrazole rings is 1. The van der Waals surface area contributed by atoms with Crippen molar-refractivity contribution in [3.63, 3.8) is 0 Å². The van der Waals surface area contributed by atoms with Crippen LogP contribution in [0, 0.1) is 0 Å². The fourth-order valence-corrected chi connectivity index (χ4v) is 2.08. The van der Waals surface area contributed by atoms with Crippen molar-refractivity contribution in [3.05, 3.63) is 5.82 Å². The van der Waals surface area contributed by atoms with Crippen LogP contribution in [0.4, 0.5) is 0 Å². The van der Waals surface area contributed by atoms with E-state index in [1.165, 1.54) is 4.80 Å². The van der Waals surface area contributed by atoms with E-state index in [-0.39, 0.29) is 12.1 Å². The smallest absolute Gasteiger partial charge is 0.176 e. The zero-order valence-corrected chi connectivity index (χ0v) is 10.6. The van der Waals surface area contributed by atoms with Crippen LogP contribution < -0.4 is 5.32 Å². The maximum Gasteiger partial charge on any atom is 0.176 e. The first kappa shape index (κ1) is 12.4. The fourth-order valence-electron chi connectivity index (χ4n) is 2.08. The molecule has 1 aliphatic heterocycles. The molecular weight excluding hydrogens is 220 g/mol. The highest BCUT2D eigenvalue weighted by molar-refractivity contribution is 4.90. The molecule has 0 amide bonds. The average molecular weight is 240 g/mol. The Hall–Kier alpha value is -1.05. The second kappa shape index (κ2) is 5.52. The minimum absolute atomic E-state index is 0.183. The van der Waals surface area contributed by atoms with E-state index in [0.29, 0.717) is 0 Å². The van der Waals surface area contributed by atoms with Gasteiger partial charge in [0.2, 0.25) is 0 Å². The van der Waals surface area contributed by atoms with Crippen LogP contribution >= 0.6 is 0 Å². The summed E-state index contributed by atoms with van der Waals surface area (Å²) < 4.78 is 5.79. The number of hydrogen-bond acceptors (Lipinski definition) is 6. The van der Waals surface area contributed by atoms with Gasteiger partial charge in [0.15, 0.2) is 5.82 Å². The Bertz CT molecular complexity index is 354. The van der Waals surface area contributed by atoms with Gasteiger partial charge in [0.25, 0.3) is 0 Å². The molecule has 7 heteroatoms. The molecule has 96 valence electrons. The number of ether oxygens (including phenoxy) is 1. The third kappa shape index (κ3) is 3.21. The molecule has 0 radical (unpaired) electrons. The van der Waals surface area contributed by atoms with Crippen molar-refractivity contribution in [3.8, 4) is 0 Å². The first-order chi connectivity index (χ1) is 8.19. The van der Waals surface area contributed by atoms with Crippen molar-refractivity contribution < 1.29 is 4.74 Å². The van der Waals surface area contributed by atoms with Gasteiger partial charge in [-0.25, -0.2) is 0 Å². The number of hydrogen-bond donors (Lipinski definition) is 1. The predicted octanol–water partition coefficient (Wildman–Crippen LogP) is -1.33. The molecular formula is C10H20N6O. The Morgan fingerprint density at radius 3 is 2.94 bits per heavy atom. The van der Waals surface area contributed by atoms with Gasteiger partial charge in [0, 0.05) is 25.6 Å². The van der Waals surface area contributed by atoms with Gasteiger partial charge in [0.05, 0.1) is 19.8 Å². The van der Waals surface area contributed by atoms with Crippen LogP contribution in [0.15, 0.2) is 0 Å². The molecule has 0 aromatic carbocycles. The van der Waals surface area contributed by atoms with Crippen molar-refractivity contribution in [2.75, 3.05) is 33.8 Å². The number of nitrogens with one attached hydrogen (secondary N) is 1. The number of rotatable bonds is 4. The summed E-state index contributed by atoms with van der Waals surface area (Å²) in [5.41, 5.74) is 0. The van der Waals surface area contributed by atoms with Crippen LogP contribution in [-0.4, -0.2) is 71.0 Å². The third-order valence-electron chi connectivity index (χ3n) is 3.07. The molecule has 1 aromatic rings. The molecule has 1 saturated heterocycles. The number of aromatic nitrogens is 4. The van der Waals surface area contributed by atoms with E-state index >= 15 is 0 Å². The normalized spacial score (nSPS) is 23.8. The second-order valence-electron chi connectivity index (χ2n) is 4.47. The van der Waals surface area contributed by atoms with Gasteiger partial charge >= 0.3 is 0 Å². The van der Waals surface area contributed by atoms with Gasteiger partial charge in [-0.05, 0) is 19.3 Å². The van der Waals surface area contributed by atoms with E-state index in [0.717, 1.165) is 31.9 Å². The van der Waals surface area contributed by atoms with Gasteiger partial charge in [-0.3, -0.25) is 0 Å². The molecule has 1 aromatic heterocycles. The quantitative estimate of drug-likeness (QED) is 0.703. The van der Waals surface area contributed by atoms with Crippen LogP contribution in [0.5, 0.6) is 0 Å². The van der Waals surface area contributed by atoms with E-state index in [2.05, 4.69) is 32.7 Å². The van der Waals surface area contributed by atoms with Gasteiger partial charge in [0.1, 0.15) is 0 Å². The van der Waals surface area contributed by atoms with Crippen LogP contribution in [0.1, 0.15) is 5.82 Å². The Kier molecular flexibility index (Phi) is 4.03. The highest BCUT2D eigenvalue weighted by atomic mass is 16.5. The van der Waals surface area contributed by atoms with Crippen molar-refractivity contribution in [1.29, 1.82) is 0 Å². The molecule has 1 N–H and O–H groups in total. The first-order valence-electron chi connectivity index (χ1n) is 5.89. The monoisotopic (exact) mass is 240 g/mol. The molecule has 2 atom stereocenters. The number of aryl methyl sites for hydroxylation is 1. The van der Waals surface area contributed by atoms with E-state index in [9.17, 15) is 0 Å². The van der Waals surface area contributed by atoms with Gasteiger partial charge in [-0.15, -0.1) is 10.2 Å². The van der Waals surface area contributed by atoms with Crippen LogP contribution in [0.2, 0.25) is 0 Å². The zero-order chi connectivity index (χ0) is 12.3. The summed E-state index contributed by atoms with van der Waals surface area (Å²) in [6.07, 6.45) is 0.922. The Morgan fingerprint density at radius 1 is 1.53 bits per heavy atom. The highest BCUT2D eigenvalue weighted by Gasteiger charge is 2.26. The summed E-state index contributed by atoms with van der Waals surface area (Å²) in [7, 11) is 5.83. The number of likely N-dealkylation sites (N-methyl/N-ethyl adjacent to an activating group) is 2. The van der Waals surface area contributed by atoms with Crippen LogP contribution in [0.25, 0.3) is 0 Å².